The molecule has 0 spiro atoms. The summed E-state index contributed by atoms with van der Waals surface area (Å²) in [6.07, 6.45) is 0.918. The average molecular weight is 399 g/mol. The molecule has 1 aromatic carbocycles. The molecular weight excluding hydrogens is 373 g/mol. The van der Waals surface area contributed by atoms with E-state index in [9.17, 15) is 14.0 Å². The van der Waals surface area contributed by atoms with Gasteiger partial charge in [-0.1, -0.05) is 19.9 Å². The number of halogens is 1. The van der Waals surface area contributed by atoms with Gasteiger partial charge in [0.2, 0.25) is 5.95 Å². The van der Waals surface area contributed by atoms with Gasteiger partial charge in [0.1, 0.15) is 5.60 Å². The Morgan fingerprint density at radius 1 is 1.24 bits per heavy atom. The van der Waals surface area contributed by atoms with Crippen molar-refractivity contribution in [2.75, 3.05) is 11.9 Å². The zero-order valence-electron chi connectivity index (χ0n) is 17.4. The second kappa shape index (κ2) is 7.46. The first-order chi connectivity index (χ1) is 13.5. The van der Waals surface area contributed by atoms with E-state index in [-0.39, 0.29) is 17.1 Å². The van der Waals surface area contributed by atoms with Crippen LogP contribution in [0.15, 0.2) is 36.5 Å². The topological polar surface area (TPSA) is 71.5 Å². The first kappa shape index (κ1) is 20.8. The van der Waals surface area contributed by atoms with E-state index in [2.05, 4.69) is 24.1 Å². The number of benzene rings is 1. The van der Waals surface area contributed by atoms with Gasteiger partial charge in [-0.15, -0.1) is 0 Å². The number of pyridine rings is 1. The molecule has 3 rings (SSSR count). The zero-order valence-corrected chi connectivity index (χ0v) is 17.4. The Hall–Kier alpha value is -2.96. The summed E-state index contributed by atoms with van der Waals surface area (Å²) in [5.41, 5.74) is 1.56. The predicted molar refractivity (Wildman–Crippen MR) is 108 cm³/mol. The summed E-state index contributed by atoms with van der Waals surface area (Å²) < 4.78 is 19.3. The number of ether oxygens (including phenoxy) is 1. The number of nitrogens with one attached hydrogen (secondary N) is 1. The molecule has 7 heteroatoms. The summed E-state index contributed by atoms with van der Waals surface area (Å²) >= 11 is 0. The largest absolute Gasteiger partial charge is 0.444 e. The number of hydrogen-bond donors (Lipinski definition) is 1. The number of carbonyl (C=O) groups is 2. The van der Waals surface area contributed by atoms with Crippen molar-refractivity contribution in [3.05, 3.63) is 59.2 Å². The maximum atomic E-state index is 13.8. The van der Waals surface area contributed by atoms with Crippen molar-refractivity contribution in [2.24, 2.45) is 0 Å². The van der Waals surface area contributed by atoms with Gasteiger partial charge in [0, 0.05) is 30.4 Å². The third kappa shape index (κ3) is 4.72. The van der Waals surface area contributed by atoms with Crippen LogP contribution in [0.25, 0.3) is 0 Å². The van der Waals surface area contributed by atoms with E-state index >= 15 is 0 Å². The standard InChI is InChI=1S/C22H26FN3O3/c1-21(2,3)29-20(28)26-12-14-11-15(8-9-17(14)22(4,5)13-26)25-19(27)16-7-6-10-24-18(16)23/h6-11H,12-13H2,1-5H3,(H,25,27). The maximum Gasteiger partial charge on any atom is 0.410 e. The van der Waals surface area contributed by atoms with Crippen molar-refractivity contribution in [1.29, 1.82) is 0 Å². The molecule has 1 N–H and O–H groups in total. The summed E-state index contributed by atoms with van der Waals surface area (Å²) in [6, 6.07) is 8.43. The van der Waals surface area contributed by atoms with E-state index < -0.39 is 17.5 Å². The van der Waals surface area contributed by atoms with Crippen molar-refractivity contribution in [2.45, 2.75) is 52.2 Å². The third-order valence-electron chi connectivity index (χ3n) is 4.69. The lowest BCUT2D eigenvalue weighted by atomic mass is 9.78. The molecule has 0 radical (unpaired) electrons. The van der Waals surface area contributed by atoms with Gasteiger partial charge >= 0.3 is 6.09 Å². The minimum atomic E-state index is -0.819. The molecule has 1 aliphatic heterocycles. The van der Waals surface area contributed by atoms with Crippen molar-refractivity contribution >= 4 is 17.7 Å². The smallest absolute Gasteiger partial charge is 0.410 e. The van der Waals surface area contributed by atoms with Gasteiger partial charge < -0.3 is 15.0 Å². The molecule has 0 aliphatic carbocycles. The van der Waals surface area contributed by atoms with E-state index in [4.69, 9.17) is 4.74 Å². The summed E-state index contributed by atoms with van der Waals surface area (Å²) in [6.45, 7) is 10.5. The number of nitrogens with zero attached hydrogens (tertiary/aromatic N) is 2. The van der Waals surface area contributed by atoms with Crippen LogP contribution in [0.4, 0.5) is 14.9 Å². The first-order valence-electron chi connectivity index (χ1n) is 9.49. The van der Waals surface area contributed by atoms with E-state index in [0.717, 1.165) is 11.1 Å². The van der Waals surface area contributed by atoms with Gasteiger partial charge in [0.15, 0.2) is 0 Å². The molecule has 1 aliphatic rings. The lowest BCUT2D eigenvalue weighted by Gasteiger charge is -2.40. The van der Waals surface area contributed by atoms with Crippen LogP contribution >= 0.6 is 0 Å². The van der Waals surface area contributed by atoms with E-state index in [1.54, 1.807) is 11.0 Å². The third-order valence-corrected chi connectivity index (χ3v) is 4.69. The van der Waals surface area contributed by atoms with E-state index in [1.807, 2.05) is 32.9 Å². The van der Waals surface area contributed by atoms with Crippen molar-refractivity contribution < 1.29 is 18.7 Å². The fourth-order valence-corrected chi connectivity index (χ4v) is 3.50. The van der Waals surface area contributed by atoms with Gasteiger partial charge in [-0.3, -0.25) is 4.79 Å². The number of aromatic nitrogens is 1. The molecule has 0 fully saturated rings. The van der Waals surface area contributed by atoms with E-state index in [1.165, 1.54) is 18.3 Å². The molecule has 0 bridgehead atoms. The fourth-order valence-electron chi connectivity index (χ4n) is 3.50. The molecule has 0 saturated heterocycles. The average Bonchev–Trinajstić information content (AvgIpc) is 2.59. The summed E-state index contributed by atoms with van der Waals surface area (Å²) in [5.74, 6) is -1.39. The first-order valence-corrected chi connectivity index (χ1v) is 9.49. The highest BCUT2D eigenvalue weighted by Gasteiger charge is 2.35. The van der Waals surface area contributed by atoms with Crippen LogP contribution in [0.3, 0.4) is 0 Å². The Kier molecular flexibility index (Phi) is 5.34. The van der Waals surface area contributed by atoms with Gasteiger partial charge in [-0.2, -0.15) is 4.39 Å². The summed E-state index contributed by atoms with van der Waals surface area (Å²) in [5, 5.41) is 2.71. The van der Waals surface area contributed by atoms with Crippen LogP contribution in [0.2, 0.25) is 0 Å². The second-order valence-corrected chi connectivity index (χ2v) is 8.89. The number of fused-ring (bicyclic) bond motifs is 1. The second-order valence-electron chi connectivity index (χ2n) is 8.89. The van der Waals surface area contributed by atoms with Crippen LogP contribution < -0.4 is 5.32 Å². The highest BCUT2D eigenvalue weighted by atomic mass is 19.1. The van der Waals surface area contributed by atoms with Crippen molar-refractivity contribution in [1.82, 2.24) is 9.88 Å². The Labute approximate surface area is 170 Å². The lowest BCUT2D eigenvalue weighted by molar-refractivity contribution is 0.0174. The molecule has 2 aromatic rings. The number of anilines is 1. The van der Waals surface area contributed by atoms with Crippen LogP contribution in [0.5, 0.6) is 0 Å². The maximum absolute atomic E-state index is 13.8. The monoisotopic (exact) mass is 399 g/mol. The molecular formula is C22H26FN3O3. The fraction of sp³-hybridized carbons (Fsp3) is 0.409. The van der Waals surface area contributed by atoms with Gasteiger partial charge in [-0.25, -0.2) is 9.78 Å². The predicted octanol–water partition coefficient (Wildman–Crippen LogP) is 4.50. The van der Waals surface area contributed by atoms with Gasteiger partial charge in [0.25, 0.3) is 5.91 Å². The number of hydrogen-bond acceptors (Lipinski definition) is 4. The SMILES string of the molecule is CC(C)(C)OC(=O)N1Cc2cc(NC(=O)c3cccnc3F)ccc2C(C)(C)C1. The number of rotatable bonds is 2. The lowest BCUT2D eigenvalue weighted by Crippen LogP contribution is -2.46. The molecule has 2 heterocycles. The quantitative estimate of drug-likeness (QED) is 0.755. The molecule has 1 aromatic heterocycles. The van der Waals surface area contributed by atoms with Crippen LogP contribution in [-0.2, 0) is 16.7 Å². The van der Waals surface area contributed by atoms with Crippen LogP contribution in [0.1, 0.15) is 56.1 Å². The van der Waals surface area contributed by atoms with Crippen LogP contribution in [0, 0.1) is 5.95 Å². The molecule has 29 heavy (non-hydrogen) atoms. The highest BCUT2D eigenvalue weighted by molar-refractivity contribution is 6.04. The minimum Gasteiger partial charge on any atom is -0.444 e. The Balaban J connectivity index is 1.84. The van der Waals surface area contributed by atoms with Crippen molar-refractivity contribution in [3.63, 3.8) is 0 Å². The Bertz CT molecular complexity index is 951. The number of amides is 2. The molecule has 0 unspecified atom stereocenters. The molecule has 6 nitrogen and oxygen atoms in total. The molecule has 0 saturated carbocycles. The molecule has 0 atom stereocenters. The Morgan fingerprint density at radius 3 is 2.62 bits per heavy atom. The zero-order chi connectivity index (χ0) is 21.4. The Morgan fingerprint density at radius 2 is 1.97 bits per heavy atom. The van der Waals surface area contributed by atoms with Crippen molar-refractivity contribution in [3.8, 4) is 0 Å². The molecule has 2 amide bonds. The van der Waals surface area contributed by atoms with Gasteiger partial charge in [-0.05, 0) is 56.2 Å². The van der Waals surface area contributed by atoms with Gasteiger partial charge in [0.05, 0.1) is 5.56 Å². The van der Waals surface area contributed by atoms with E-state index in [0.29, 0.717) is 18.8 Å². The highest BCUT2D eigenvalue weighted by Crippen LogP contribution is 2.35. The number of carbonyl (C=O) groups excluding carboxylic acids is 2. The normalized spacial score (nSPS) is 15.4. The van der Waals surface area contributed by atoms with Crippen LogP contribution in [-0.4, -0.2) is 34.0 Å². The summed E-state index contributed by atoms with van der Waals surface area (Å²) in [4.78, 5) is 30.1. The minimum absolute atomic E-state index is 0.124. The summed E-state index contributed by atoms with van der Waals surface area (Å²) in [7, 11) is 0. The molecule has 154 valence electrons.